The highest BCUT2D eigenvalue weighted by atomic mass is 19.1. The number of carbonyl (C=O) groups is 3. The summed E-state index contributed by atoms with van der Waals surface area (Å²) in [6, 6.07) is 9.18. The summed E-state index contributed by atoms with van der Waals surface area (Å²) in [5.74, 6) is -1.62. The van der Waals surface area contributed by atoms with Crippen molar-refractivity contribution in [3.63, 3.8) is 0 Å². The van der Waals surface area contributed by atoms with E-state index >= 15 is 0 Å². The van der Waals surface area contributed by atoms with Crippen molar-refractivity contribution in [2.45, 2.75) is 31.5 Å². The van der Waals surface area contributed by atoms with Gasteiger partial charge in [0.2, 0.25) is 11.7 Å². The van der Waals surface area contributed by atoms with Crippen molar-refractivity contribution >= 4 is 28.7 Å². The molecule has 218 valence electrons. The number of ether oxygens (including phenoxy) is 4. The fourth-order valence-electron chi connectivity index (χ4n) is 4.94. The SMILES string of the molecule is COCCN1C(=O)c2oc3cc(C(=O)NC4(C)COC4)ccc3c2OC[C@@]1(C)C(=O)NCc1c(F)cccc1OC. The molecule has 12 heteroatoms. The molecule has 1 fully saturated rings. The summed E-state index contributed by atoms with van der Waals surface area (Å²) in [5.41, 5.74) is -1.12. The average molecular weight is 570 g/mol. The van der Waals surface area contributed by atoms with E-state index in [0.717, 1.165) is 0 Å². The second-order valence-electron chi connectivity index (χ2n) is 10.6. The Labute approximate surface area is 235 Å². The van der Waals surface area contributed by atoms with Gasteiger partial charge in [0.05, 0.1) is 37.9 Å². The van der Waals surface area contributed by atoms with E-state index in [1.165, 1.54) is 31.3 Å². The Morgan fingerprint density at radius 2 is 1.90 bits per heavy atom. The minimum Gasteiger partial charge on any atom is -0.496 e. The minimum atomic E-state index is -1.50. The van der Waals surface area contributed by atoms with E-state index in [4.69, 9.17) is 23.4 Å². The second-order valence-corrected chi connectivity index (χ2v) is 10.6. The van der Waals surface area contributed by atoms with Crippen LogP contribution in [0.4, 0.5) is 4.39 Å². The molecule has 0 unspecified atom stereocenters. The summed E-state index contributed by atoms with van der Waals surface area (Å²) in [4.78, 5) is 41.6. The van der Waals surface area contributed by atoms with Gasteiger partial charge in [0.15, 0.2) is 11.3 Å². The van der Waals surface area contributed by atoms with Crippen molar-refractivity contribution in [2.24, 2.45) is 0 Å². The number of methoxy groups -OCH3 is 2. The molecule has 0 spiro atoms. The summed E-state index contributed by atoms with van der Waals surface area (Å²) in [7, 11) is 2.89. The number of halogens is 1. The first-order valence-electron chi connectivity index (χ1n) is 13.1. The van der Waals surface area contributed by atoms with Gasteiger partial charge in [-0.1, -0.05) is 6.07 Å². The van der Waals surface area contributed by atoms with Gasteiger partial charge in [0, 0.05) is 31.3 Å². The predicted molar refractivity (Wildman–Crippen MR) is 145 cm³/mol. The number of nitrogens with one attached hydrogen (secondary N) is 2. The van der Waals surface area contributed by atoms with Crippen molar-refractivity contribution < 1.29 is 42.1 Å². The first-order chi connectivity index (χ1) is 19.6. The van der Waals surface area contributed by atoms with Crippen molar-refractivity contribution in [1.82, 2.24) is 15.5 Å². The zero-order valence-electron chi connectivity index (χ0n) is 23.3. The normalized spacial score (nSPS) is 19.5. The van der Waals surface area contributed by atoms with Crippen LogP contribution >= 0.6 is 0 Å². The van der Waals surface area contributed by atoms with Crippen LogP contribution in [0.2, 0.25) is 0 Å². The lowest BCUT2D eigenvalue weighted by atomic mass is 9.99. The Kier molecular flexibility index (Phi) is 7.62. The lowest BCUT2D eigenvalue weighted by molar-refractivity contribution is -0.133. The molecule has 11 nitrogen and oxygen atoms in total. The van der Waals surface area contributed by atoms with Gasteiger partial charge >= 0.3 is 0 Å². The molecular weight excluding hydrogens is 537 g/mol. The standard InChI is InChI=1S/C29H32FN3O8/c1-28(14-39-15-28)32-25(34)17-8-9-18-22(12-17)41-24-23(18)40-16-29(2,33(26(24)35)10-11-37-3)27(36)31-13-19-20(30)6-5-7-21(19)38-4/h5-9,12H,10-11,13-16H2,1-4H3,(H,31,36)(H,32,34)/t29-/m0/s1. The number of nitrogens with zero attached hydrogens (tertiary/aromatic N) is 1. The maximum absolute atomic E-state index is 14.5. The average Bonchev–Trinajstić information content (AvgIpc) is 3.27. The molecule has 1 aromatic heterocycles. The zero-order chi connectivity index (χ0) is 29.4. The Bertz CT molecular complexity index is 1500. The minimum absolute atomic E-state index is 0.0520. The smallest absolute Gasteiger partial charge is 0.294 e. The Morgan fingerprint density at radius 3 is 2.59 bits per heavy atom. The molecule has 3 heterocycles. The highest BCUT2D eigenvalue weighted by molar-refractivity contribution is 6.06. The van der Waals surface area contributed by atoms with Crippen LogP contribution in [-0.2, 0) is 20.8 Å². The van der Waals surface area contributed by atoms with Crippen LogP contribution < -0.4 is 20.1 Å². The Morgan fingerprint density at radius 1 is 1.12 bits per heavy atom. The maximum Gasteiger partial charge on any atom is 0.294 e. The zero-order valence-corrected chi connectivity index (χ0v) is 23.3. The molecule has 3 amide bonds. The Hall–Kier alpha value is -4.16. The summed E-state index contributed by atoms with van der Waals surface area (Å²) in [5, 5.41) is 6.15. The van der Waals surface area contributed by atoms with Crippen LogP contribution in [0, 0.1) is 5.82 Å². The molecule has 2 aromatic carbocycles. The van der Waals surface area contributed by atoms with Crippen LogP contribution in [0.15, 0.2) is 40.8 Å². The van der Waals surface area contributed by atoms with Gasteiger partial charge < -0.3 is 38.9 Å². The Balaban J connectivity index is 1.42. The van der Waals surface area contributed by atoms with Crippen LogP contribution in [0.5, 0.6) is 11.5 Å². The van der Waals surface area contributed by atoms with Gasteiger partial charge in [-0.05, 0) is 44.2 Å². The number of carbonyl (C=O) groups excluding carboxylic acids is 3. The molecule has 0 saturated carbocycles. The van der Waals surface area contributed by atoms with Gasteiger partial charge in [-0.15, -0.1) is 0 Å². The highest BCUT2D eigenvalue weighted by Crippen LogP contribution is 2.39. The second kappa shape index (κ2) is 11.0. The molecule has 2 N–H and O–H groups in total. The van der Waals surface area contributed by atoms with E-state index in [9.17, 15) is 18.8 Å². The van der Waals surface area contributed by atoms with E-state index < -0.39 is 28.7 Å². The van der Waals surface area contributed by atoms with Crippen LogP contribution in [-0.4, -0.2) is 80.9 Å². The van der Waals surface area contributed by atoms with E-state index in [1.54, 1.807) is 31.2 Å². The number of hydrogen-bond donors (Lipinski definition) is 2. The van der Waals surface area contributed by atoms with Crippen LogP contribution in [0.1, 0.15) is 40.3 Å². The van der Waals surface area contributed by atoms with Crippen LogP contribution in [0.25, 0.3) is 11.0 Å². The van der Waals surface area contributed by atoms with E-state index in [2.05, 4.69) is 10.6 Å². The number of benzene rings is 2. The molecule has 5 rings (SSSR count). The summed E-state index contributed by atoms with van der Waals surface area (Å²) < 4.78 is 42.1. The topological polar surface area (TPSA) is 129 Å². The fourth-order valence-corrected chi connectivity index (χ4v) is 4.94. The third-order valence-electron chi connectivity index (χ3n) is 7.43. The lowest BCUT2D eigenvalue weighted by Crippen LogP contribution is -2.61. The maximum atomic E-state index is 14.5. The molecule has 0 aliphatic carbocycles. The third kappa shape index (κ3) is 5.20. The summed E-state index contributed by atoms with van der Waals surface area (Å²) in [6.07, 6.45) is 0. The van der Waals surface area contributed by atoms with Crippen molar-refractivity contribution in [3.05, 3.63) is 59.1 Å². The molecular formula is C29H32FN3O8. The summed E-state index contributed by atoms with van der Waals surface area (Å²) in [6.45, 7) is 4.11. The van der Waals surface area contributed by atoms with Crippen LogP contribution in [0.3, 0.4) is 0 Å². The molecule has 0 radical (unpaired) electrons. The predicted octanol–water partition coefficient (Wildman–Crippen LogP) is 2.66. The third-order valence-corrected chi connectivity index (χ3v) is 7.43. The molecule has 2 aliphatic rings. The number of amides is 3. The van der Waals surface area contributed by atoms with Gasteiger partial charge in [0.25, 0.3) is 11.8 Å². The van der Waals surface area contributed by atoms with Crippen molar-refractivity contribution in [3.8, 4) is 11.5 Å². The molecule has 1 saturated heterocycles. The summed E-state index contributed by atoms with van der Waals surface area (Å²) >= 11 is 0. The lowest BCUT2D eigenvalue weighted by Gasteiger charge is -2.38. The van der Waals surface area contributed by atoms with E-state index in [1.807, 2.05) is 6.92 Å². The van der Waals surface area contributed by atoms with E-state index in [0.29, 0.717) is 24.2 Å². The number of fused-ring (bicyclic) bond motifs is 3. The largest absolute Gasteiger partial charge is 0.496 e. The monoisotopic (exact) mass is 569 g/mol. The fraction of sp³-hybridized carbons (Fsp3) is 0.414. The van der Waals surface area contributed by atoms with E-state index in [-0.39, 0.29) is 60.6 Å². The molecule has 41 heavy (non-hydrogen) atoms. The first-order valence-corrected chi connectivity index (χ1v) is 13.1. The number of rotatable bonds is 9. The van der Waals surface area contributed by atoms with Gasteiger partial charge in [-0.3, -0.25) is 14.4 Å². The van der Waals surface area contributed by atoms with Gasteiger partial charge in [-0.2, -0.15) is 0 Å². The number of furan rings is 1. The highest BCUT2D eigenvalue weighted by Gasteiger charge is 2.48. The quantitative estimate of drug-likeness (QED) is 0.403. The van der Waals surface area contributed by atoms with Gasteiger partial charge in [0.1, 0.15) is 23.8 Å². The molecule has 3 aromatic rings. The molecule has 1 atom stereocenters. The first kappa shape index (κ1) is 28.4. The molecule has 0 bridgehead atoms. The van der Waals surface area contributed by atoms with Crippen molar-refractivity contribution in [1.29, 1.82) is 0 Å². The van der Waals surface area contributed by atoms with Gasteiger partial charge in [-0.25, -0.2) is 4.39 Å². The number of hydrogen-bond acceptors (Lipinski definition) is 8. The molecule has 2 aliphatic heterocycles. The van der Waals surface area contributed by atoms with Crippen molar-refractivity contribution in [2.75, 3.05) is 47.2 Å².